The molecule has 3 rings (SSSR count). The summed E-state index contributed by atoms with van der Waals surface area (Å²) in [7, 11) is 0. The number of ether oxygens (including phenoxy) is 1. The van der Waals surface area contributed by atoms with Gasteiger partial charge in [0.1, 0.15) is 5.75 Å². The lowest BCUT2D eigenvalue weighted by Crippen LogP contribution is -2.29. The predicted molar refractivity (Wildman–Crippen MR) is 88.6 cm³/mol. The van der Waals surface area contributed by atoms with E-state index in [9.17, 15) is 13.2 Å². The minimum atomic E-state index is -4.69. The van der Waals surface area contributed by atoms with Gasteiger partial charge in [0.15, 0.2) is 0 Å². The summed E-state index contributed by atoms with van der Waals surface area (Å²) < 4.78 is 41.5. The van der Waals surface area contributed by atoms with Crippen molar-refractivity contribution in [3.63, 3.8) is 0 Å². The van der Waals surface area contributed by atoms with Crippen molar-refractivity contribution in [2.45, 2.75) is 18.9 Å². The maximum atomic E-state index is 12.5. The van der Waals surface area contributed by atoms with E-state index in [2.05, 4.69) is 33.0 Å². The van der Waals surface area contributed by atoms with Crippen LogP contribution in [0.2, 0.25) is 0 Å². The second-order valence-electron chi connectivity index (χ2n) is 5.96. The van der Waals surface area contributed by atoms with E-state index in [1.165, 1.54) is 17.7 Å². The monoisotopic (exact) mass is 351 g/mol. The molecule has 3 N–H and O–H groups in total. The third-order valence-electron chi connectivity index (χ3n) is 4.17. The van der Waals surface area contributed by atoms with Crippen molar-refractivity contribution >= 4 is 0 Å². The normalized spacial score (nSPS) is 20.6. The summed E-state index contributed by atoms with van der Waals surface area (Å²) >= 11 is 0. The van der Waals surface area contributed by atoms with Crippen molar-refractivity contribution in [3.05, 3.63) is 65.7 Å². The Morgan fingerprint density at radius 1 is 1.04 bits per heavy atom. The number of hydrogen-bond acceptors (Lipinski definition) is 4. The molecule has 0 aliphatic carbocycles. The quantitative estimate of drug-likeness (QED) is 0.748. The van der Waals surface area contributed by atoms with Crippen molar-refractivity contribution in [3.8, 4) is 5.75 Å². The summed E-state index contributed by atoms with van der Waals surface area (Å²) in [6.45, 7) is 1.76. The Labute approximate surface area is 144 Å². The molecule has 2 unspecified atom stereocenters. The lowest BCUT2D eigenvalue weighted by Gasteiger charge is -2.20. The third kappa shape index (κ3) is 4.94. The predicted octanol–water partition coefficient (Wildman–Crippen LogP) is 3.14. The standard InChI is InChI=1S/C18H20F3N3O/c19-18(20,21)25-16-9-5-4-8-14(16)10-22-11-15-12-23-24-17(15)13-6-2-1-3-7-13/h1-9,15,17,22-24H,10-12H2. The smallest absolute Gasteiger partial charge is 0.405 e. The molecule has 1 heterocycles. The molecular weight excluding hydrogens is 331 g/mol. The molecule has 25 heavy (non-hydrogen) atoms. The Morgan fingerprint density at radius 2 is 1.76 bits per heavy atom. The fraction of sp³-hybridized carbons (Fsp3) is 0.333. The zero-order valence-electron chi connectivity index (χ0n) is 13.5. The van der Waals surface area contributed by atoms with Gasteiger partial charge in [-0.15, -0.1) is 13.2 Å². The summed E-state index contributed by atoms with van der Waals surface area (Å²) in [6.07, 6.45) is -4.69. The molecule has 1 aliphatic heterocycles. The molecule has 2 atom stereocenters. The van der Waals surface area contributed by atoms with E-state index >= 15 is 0 Å². The van der Waals surface area contributed by atoms with Crippen LogP contribution in [0.3, 0.4) is 0 Å². The molecule has 2 aromatic carbocycles. The van der Waals surface area contributed by atoms with E-state index in [0.29, 0.717) is 18.7 Å². The molecule has 1 saturated heterocycles. The lowest BCUT2D eigenvalue weighted by molar-refractivity contribution is -0.274. The van der Waals surface area contributed by atoms with Crippen molar-refractivity contribution in [2.24, 2.45) is 5.92 Å². The Morgan fingerprint density at radius 3 is 2.52 bits per heavy atom. The van der Waals surface area contributed by atoms with Gasteiger partial charge in [0, 0.05) is 31.1 Å². The van der Waals surface area contributed by atoms with Crippen LogP contribution < -0.4 is 20.9 Å². The number of hydrazine groups is 1. The van der Waals surface area contributed by atoms with Crippen LogP contribution in [0.4, 0.5) is 13.2 Å². The van der Waals surface area contributed by atoms with Crippen LogP contribution in [-0.2, 0) is 6.54 Å². The first-order valence-corrected chi connectivity index (χ1v) is 8.10. The van der Waals surface area contributed by atoms with Gasteiger partial charge in [-0.3, -0.25) is 5.43 Å². The number of para-hydroxylation sites is 1. The second kappa shape index (κ2) is 7.86. The number of hydrogen-bond donors (Lipinski definition) is 3. The van der Waals surface area contributed by atoms with Crippen LogP contribution in [-0.4, -0.2) is 19.5 Å². The van der Waals surface area contributed by atoms with E-state index < -0.39 is 6.36 Å². The highest BCUT2D eigenvalue weighted by Gasteiger charge is 2.32. The molecule has 0 amide bonds. The van der Waals surface area contributed by atoms with E-state index in [1.54, 1.807) is 12.1 Å². The van der Waals surface area contributed by atoms with Crippen molar-refractivity contribution < 1.29 is 17.9 Å². The molecule has 7 heteroatoms. The van der Waals surface area contributed by atoms with Crippen molar-refractivity contribution in [2.75, 3.05) is 13.1 Å². The highest BCUT2D eigenvalue weighted by Crippen LogP contribution is 2.27. The van der Waals surface area contributed by atoms with Gasteiger partial charge in [-0.05, 0) is 11.6 Å². The fourth-order valence-electron chi connectivity index (χ4n) is 3.01. The van der Waals surface area contributed by atoms with Crippen LogP contribution in [0.1, 0.15) is 17.2 Å². The van der Waals surface area contributed by atoms with Crippen molar-refractivity contribution in [1.82, 2.24) is 16.2 Å². The van der Waals surface area contributed by atoms with Gasteiger partial charge in [0.05, 0.1) is 6.04 Å². The first-order valence-electron chi connectivity index (χ1n) is 8.10. The number of halogens is 3. The maximum Gasteiger partial charge on any atom is 0.573 e. The second-order valence-corrected chi connectivity index (χ2v) is 5.96. The largest absolute Gasteiger partial charge is 0.573 e. The fourth-order valence-corrected chi connectivity index (χ4v) is 3.01. The molecule has 0 saturated carbocycles. The van der Waals surface area contributed by atoms with Crippen LogP contribution in [0.25, 0.3) is 0 Å². The van der Waals surface area contributed by atoms with Crippen LogP contribution >= 0.6 is 0 Å². The molecule has 4 nitrogen and oxygen atoms in total. The van der Waals surface area contributed by atoms with E-state index in [0.717, 1.165) is 6.54 Å². The lowest BCUT2D eigenvalue weighted by atomic mass is 9.95. The Bertz CT molecular complexity index is 679. The van der Waals surface area contributed by atoms with Gasteiger partial charge in [0.2, 0.25) is 0 Å². The van der Waals surface area contributed by atoms with E-state index in [-0.39, 0.29) is 17.7 Å². The maximum absolute atomic E-state index is 12.5. The Kier molecular flexibility index (Phi) is 5.57. The van der Waals surface area contributed by atoms with Gasteiger partial charge in [-0.2, -0.15) is 0 Å². The summed E-state index contributed by atoms with van der Waals surface area (Å²) in [5.41, 5.74) is 8.06. The number of rotatable bonds is 6. The molecule has 0 bridgehead atoms. The highest BCUT2D eigenvalue weighted by molar-refractivity contribution is 5.33. The van der Waals surface area contributed by atoms with Gasteiger partial charge >= 0.3 is 6.36 Å². The van der Waals surface area contributed by atoms with Gasteiger partial charge < -0.3 is 10.1 Å². The number of alkyl halides is 3. The highest BCUT2D eigenvalue weighted by atomic mass is 19.4. The Hall–Kier alpha value is -2.09. The average Bonchev–Trinajstić information content (AvgIpc) is 3.04. The average molecular weight is 351 g/mol. The molecule has 2 aromatic rings. The van der Waals surface area contributed by atoms with Crippen molar-refractivity contribution in [1.29, 1.82) is 0 Å². The van der Waals surface area contributed by atoms with Crippen LogP contribution in [0.15, 0.2) is 54.6 Å². The first kappa shape index (κ1) is 17.7. The molecule has 134 valence electrons. The molecule has 1 fully saturated rings. The topological polar surface area (TPSA) is 45.3 Å². The molecular formula is C18H20F3N3O. The summed E-state index contributed by atoms with van der Waals surface area (Å²) in [4.78, 5) is 0. The first-order chi connectivity index (χ1) is 12.0. The minimum Gasteiger partial charge on any atom is -0.405 e. The minimum absolute atomic E-state index is 0.162. The molecule has 1 aliphatic rings. The van der Waals surface area contributed by atoms with Gasteiger partial charge in [-0.25, -0.2) is 5.43 Å². The zero-order chi connectivity index (χ0) is 17.7. The summed E-state index contributed by atoms with van der Waals surface area (Å²) in [5, 5.41) is 3.24. The zero-order valence-corrected chi connectivity index (χ0v) is 13.5. The summed E-state index contributed by atoms with van der Waals surface area (Å²) in [6, 6.07) is 16.4. The summed E-state index contributed by atoms with van der Waals surface area (Å²) in [5.74, 6) is 0.128. The van der Waals surface area contributed by atoms with Crippen LogP contribution in [0, 0.1) is 5.92 Å². The SMILES string of the molecule is FC(F)(F)Oc1ccccc1CNCC1CNNC1c1ccccc1. The molecule has 0 aromatic heterocycles. The third-order valence-corrected chi connectivity index (χ3v) is 4.17. The molecule has 0 radical (unpaired) electrons. The van der Waals surface area contributed by atoms with E-state index in [4.69, 9.17) is 0 Å². The van der Waals surface area contributed by atoms with E-state index in [1.807, 2.05) is 18.2 Å². The molecule has 0 spiro atoms. The number of benzene rings is 2. The number of nitrogens with one attached hydrogen (secondary N) is 3. The van der Waals surface area contributed by atoms with Crippen LogP contribution in [0.5, 0.6) is 5.75 Å². The Balaban J connectivity index is 1.58. The van der Waals surface area contributed by atoms with Gasteiger partial charge in [-0.1, -0.05) is 48.5 Å². The van der Waals surface area contributed by atoms with Gasteiger partial charge in [0.25, 0.3) is 0 Å².